The number of benzene rings is 2. The van der Waals surface area contributed by atoms with Crippen molar-refractivity contribution >= 4 is 38.9 Å². The SMILES string of the molecule is O=C(Nc1cc(N2CCCS2(=O)=O)ccc1O)c1cnn(Cc2ccccc2Cl)c1. The van der Waals surface area contributed by atoms with Gasteiger partial charge >= 0.3 is 0 Å². The smallest absolute Gasteiger partial charge is 0.258 e. The molecular formula is C20H19ClN4O4S. The van der Waals surface area contributed by atoms with Crippen molar-refractivity contribution in [1.29, 1.82) is 0 Å². The van der Waals surface area contributed by atoms with Gasteiger partial charge in [0.05, 0.1) is 35.4 Å². The van der Waals surface area contributed by atoms with E-state index in [4.69, 9.17) is 11.6 Å². The van der Waals surface area contributed by atoms with Crippen molar-refractivity contribution in [3.63, 3.8) is 0 Å². The summed E-state index contributed by atoms with van der Waals surface area (Å²) in [5.41, 5.74) is 1.68. The number of phenols is 1. The van der Waals surface area contributed by atoms with E-state index in [0.29, 0.717) is 35.8 Å². The van der Waals surface area contributed by atoms with E-state index in [2.05, 4.69) is 10.4 Å². The molecule has 8 nitrogen and oxygen atoms in total. The standard InChI is InChI=1S/C20H19ClN4O4S/c21-17-5-2-1-4-14(17)12-24-13-15(11-22-24)20(27)23-18-10-16(6-7-19(18)26)25-8-3-9-30(25,28)29/h1-2,4-7,10-11,13,26H,3,8-9,12H2,(H,23,27). The van der Waals surface area contributed by atoms with Crippen LogP contribution in [0.15, 0.2) is 54.9 Å². The fraction of sp³-hybridized carbons (Fsp3) is 0.200. The molecule has 0 bridgehead atoms. The molecule has 1 aliphatic rings. The van der Waals surface area contributed by atoms with Crippen molar-refractivity contribution in [1.82, 2.24) is 9.78 Å². The minimum absolute atomic E-state index is 0.0835. The van der Waals surface area contributed by atoms with E-state index in [1.54, 1.807) is 16.9 Å². The summed E-state index contributed by atoms with van der Waals surface area (Å²) >= 11 is 6.16. The van der Waals surface area contributed by atoms with Crippen molar-refractivity contribution in [3.8, 4) is 5.75 Å². The molecule has 3 aromatic rings. The topological polar surface area (TPSA) is 105 Å². The normalized spacial score (nSPS) is 15.3. The molecule has 1 saturated heterocycles. The number of nitrogens with zero attached hydrogens (tertiary/aromatic N) is 3. The molecule has 0 spiro atoms. The highest BCUT2D eigenvalue weighted by Crippen LogP contribution is 2.32. The Morgan fingerprint density at radius 2 is 2.03 bits per heavy atom. The lowest BCUT2D eigenvalue weighted by Crippen LogP contribution is -2.25. The van der Waals surface area contributed by atoms with E-state index in [1.165, 1.54) is 28.7 Å². The van der Waals surface area contributed by atoms with Gasteiger partial charge in [0.1, 0.15) is 5.75 Å². The van der Waals surface area contributed by atoms with Crippen LogP contribution in [0, 0.1) is 0 Å². The Bertz CT molecular complexity index is 1210. The second-order valence-corrected chi connectivity index (χ2v) is 9.34. The molecule has 30 heavy (non-hydrogen) atoms. The van der Waals surface area contributed by atoms with Crippen molar-refractivity contribution < 1.29 is 18.3 Å². The molecule has 0 saturated carbocycles. The summed E-state index contributed by atoms with van der Waals surface area (Å²) in [6, 6.07) is 11.7. The van der Waals surface area contributed by atoms with Gasteiger partial charge in [-0.25, -0.2) is 8.42 Å². The van der Waals surface area contributed by atoms with Gasteiger partial charge in [0.25, 0.3) is 5.91 Å². The number of anilines is 2. The predicted molar refractivity (Wildman–Crippen MR) is 115 cm³/mol. The van der Waals surface area contributed by atoms with Gasteiger partial charge in [-0.2, -0.15) is 5.10 Å². The number of carbonyl (C=O) groups excluding carboxylic acids is 1. The summed E-state index contributed by atoms with van der Waals surface area (Å²) in [4.78, 5) is 12.6. The Hall–Kier alpha value is -3.04. The number of aromatic nitrogens is 2. The minimum atomic E-state index is -3.37. The lowest BCUT2D eigenvalue weighted by atomic mass is 10.2. The highest BCUT2D eigenvalue weighted by atomic mass is 35.5. The molecule has 0 unspecified atom stereocenters. The molecule has 1 aliphatic heterocycles. The van der Waals surface area contributed by atoms with E-state index >= 15 is 0 Å². The van der Waals surface area contributed by atoms with E-state index in [0.717, 1.165) is 5.56 Å². The van der Waals surface area contributed by atoms with Gasteiger partial charge in [-0.3, -0.25) is 13.8 Å². The third-order valence-corrected chi connectivity index (χ3v) is 7.04. The van der Waals surface area contributed by atoms with Gasteiger partial charge in [0.15, 0.2) is 0 Å². The second-order valence-electron chi connectivity index (χ2n) is 6.92. The molecule has 0 radical (unpaired) electrons. The van der Waals surface area contributed by atoms with Gasteiger partial charge in [0.2, 0.25) is 10.0 Å². The lowest BCUT2D eigenvalue weighted by Gasteiger charge is -2.18. The maximum absolute atomic E-state index is 12.6. The molecule has 0 aliphatic carbocycles. The first-order valence-electron chi connectivity index (χ1n) is 9.24. The van der Waals surface area contributed by atoms with Crippen molar-refractivity contribution in [2.24, 2.45) is 0 Å². The Kier molecular flexibility index (Phi) is 5.40. The number of halogens is 1. The van der Waals surface area contributed by atoms with E-state index in [9.17, 15) is 18.3 Å². The summed E-state index contributed by atoms with van der Waals surface area (Å²) in [7, 11) is -3.37. The summed E-state index contributed by atoms with van der Waals surface area (Å²) in [6.45, 7) is 0.774. The first kappa shape index (κ1) is 20.2. The van der Waals surface area contributed by atoms with Crippen LogP contribution in [0.25, 0.3) is 0 Å². The molecule has 1 fully saturated rings. The predicted octanol–water partition coefficient (Wildman–Crippen LogP) is 3.08. The van der Waals surface area contributed by atoms with Crippen LogP contribution >= 0.6 is 11.6 Å². The Balaban J connectivity index is 1.51. The Labute approximate surface area is 178 Å². The Morgan fingerprint density at radius 1 is 1.23 bits per heavy atom. The summed E-state index contributed by atoms with van der Waals surface area (Å²) < 4.78 is 27.1. The maximum atomic E-state index is 12.6. The van der Waals surface area contributed by atoms with Gasteiger partial charge in [-0.15, -0.1) is 0 Å². The monoisotopic (exact) mass is 446 g/mol. The summed E-state index contributed by atoms with van der Waals surface area (Å²) in [5.74, 6) is -0.551. The Morgan fingerprint density at radius 3 is 2.77 bits per heavy atom. The number of phenolic OH excluding ortho intramolecular Hbond substituents is 1. The number of amides is 1. The zero-order valence-corrected chi connectivity index (χ0v) is 17.4. The fourth-order valence-electron chi connectivity index (χ4n) is 3.27. The number of hydrogen-bond donors (Lipinski definition) is 2. The lowest BCUT2D eigenvalue weighted by molar-refractivity contribution is 0.102. The first-order chi connectivity index (χ1) is 14.3. The van der Waals surface area contributed by atoms with Gasteiger partial charge in [0, 0.05) is 17.8 Å². The largest absolute Gasteiger partial charge is 0.506 e. The van der Waals surface area contributed by atoms with Crippen LogP contribution in [-0.2, 0) is 16.6 Å². The number of hydrogen-bond acceptors (Lipinski definition) is 5. The summed E-state index contributed by atoms with van der Waals surface area (Å²) in [6.07, 6.45) is 3.53. The number of nitrogens with one attached hydrogen (secondary N) is 1. The zero-order chi connectivity index (χ0) is 21.3. The number of carbonyl (C=O) groups is 1. The summed E-state index contributed by atoms with van der Waals surface area (Å²) in [5, 5.41) is 17.5. The van der Waals surface area contributed by atoms with Crippen LogP contribution < -0.4 is 9.62 Å². The van der Waals surface area contributed by atoms with Gasteiger partial charge < -0.3 is 10.4 Å². The van der Waals surface area contributed by atoms with Crippen LogP contribution in [0.1, 0.15) is 22.3 Å². The zero-order valence-electron chi connectivity index (χ0n) is 15.8. The molecular weight excluding hydrogens is 428 g/mol. The maximum Gasteiger partial charge on any atom is 0.258 e. The van der Waals surface area contributed by atoms with Gasteiger partial charge in [-0.1, -0.05) is 29.8 Å². The molecule has 2 aromatic carbocycles. The number of aromatic hydroxyl groups is 1. The molecule has 4 rings (SSSR count). The third-order valence-electron chi connectivity index (χ3n) is 4.80. The van der Waals surface area contributed by atoms with Gasteiger partial charge in [-0.05, 0) is 36.2 Å². The average molecular weight is 447 g/mol. The molecule has 10 heteroatoms. The second kappa shape index (κ2) is 8.00. The highest BCUT2D eigenvalue weighted by Gasteiger charge is 2.29. The van der Waals surface area contributed by atoms with Crippen LogP contribution in [-0.4, -0.2) is 41.5 Å². The van der Waals surface area contributed by atoms with Crippen molar-refractivity contribution in [2.75, 3.05) is 21.9 Å². The molecule has 1 aromatic heterocycles. The number of sulfonamides is 1. The van der Waals surface area contributed by atoms with Crippen LogP contribution in [0.2, 0.25) is 5.02 Å². The van der Waals surface area contributed by atoms with Crippen molar-refractivity contribution in [3.05, 3.63) is 71.0 Å². The highest BCUT2D eigenvalue weighted by molar-refractivity contribution is 7.93. The average Bonchev–Trinajstić information content (AvgIpc) is 3.31. The van der Waals surface area contributed by atoms with E-state index in [-0.39, 0.29) is 17.2 Å². The molecule has 156 valence electrons. The number of rotatable bonds is 5. The van der Waals surface area contributed by atoms with Crippen molar-refractivity contribution in [2.45, 2.75) is 13.0 Å². The van der Waals surface area contributed by atoms with Crippen LogP contribution in [0.5, 0.6) is 5.75 Å². The molecule has 2 heterocycles. The third kappa shape index (κ3) is 4.12. The van der Waals surface area contributed by atoms with Crippen LogP contribution in [0.4, 0.5) is 11.4 Å². The van der Waals surface area contributed by atoms with E-state index in [1.807, 2.05) is 18.2 Å². The molecule has 0 atom stereocenters. The minimum Gasteiger partial charge on any atom is -0.506 e. The van der Waals surface area contributed by atoms with Crippen LogP contribution in [0.3, 0.4) is 0 Å². The molecule has 1 amide bonds. The molecule has 2 N–H and O–H groups in total. The fourth-order valence-corrected chi connectivity index (χ4v) is 5.02. The van der Waals surface area contributed by atoms with E-state index < -0.39 is 15.9 Å². The quantitative estimate of drug-likeness (QED) is 0.586. The first-order valence-corrected chi connectivity index (χ1v) is 11.2.